The van der Waals surface area contributed by atoms with Crippen molar-refractivity contribution in [1.29, 1.82) is 5.26 Å². The highest BCUT2D eigenvalue weighted by Gasteiger charge is 2.17. The number of nitriles is 1. The van der Waals surface area contributed by atoms with Gasteiger partial charge in [0, 0.05) is 0 Å². The van der Waals surface area contributed by atoms with E-state index in [1.165, 1.54) is 12.1 Å². The molecule has 3 rings (SSSR count). The molecule has 0 bridgehead atoms. The fourth-order valence-electron chi connectivity index (χ4n) is 2.48. The van der Waals surface area contributed by atoms with Gasteiger partial charge in [-0.2, -0.15) is 5.26 Å². The van der Waals surface area contributed by atoms with Crippen LogP contribution in [0.1, 0.15) is 34.5 Å². The first-order chi connectivity index (χ1) is 12.6. The Balaban J connectivity index is 1.53. The number of rotatable bonds is 5. The summed E-state index contributed by atoms with van der Waals surface area (Å²) in [6.45, 7) is 1.58. The minimum atomic E-state index is -0.659. The molecule has 1 aliphatic heterocycles. The SMILES string of the molecule is C[C@@H](NC(=O)COC(=O)c1cccc(C#N)c1)c1ccc2c(c1)OCO2. The van der Waals surface area contributed by atoms with E-state index in [-0.39, 0.29) is 18.4 Å². The van der Waals surface area contributed by atoms with Gasteiger partial charge >= 0.3 is 5.97 Å². The lowest BCUT2D eigenvalue weighted by Crippen LogP contribution is -2.31. The van der Waals surface area contributed by atoms with Crippen molar-refractivity contribution >= 4 is 11.9 Å². The van der Waals surface area contributed by atoms with Crippen LogP contribution in [0.5, 0.6) is 11.5 Å². The van der Waals surface area contributed by atoms with Crippen LogP contribution < -0.4 is 14.8 Å². The number of amides is 1. The molecule has 0 spiro atoms. The number of nitrogens with one attached hydrogen (secondary N) is 1. The van der Waals surface area contributed by atoms with E-state index in [4.69, 9.17) is 19.5 Å². The molecule has 7 heteroatoms. The summed E-state index contributed by atoms with van der Waals surface area (Å²) >= 11 is 0. The molecule has 0 saturated carbocycles. The summed E-state index contributed by atoms with van der Waals surface area (Å²) in [5.41, 5.74) is 1.41. The fraction of sp³-hybridized carbons (Fsp3) is 0.211. The maximum absolute atomic E-state index is 12.0. The molecule has 2 aromatic carbocycles. The zero-order valence-electron chi connectivity index (χ0n) is 14.0. The van der Waals surface area contributed by atoms with Gasteiger partial charge < -0.3 is 19.5 Å². The lowest BCUT2D eigenvalue weighted by Gasteiger charge is -2.15. The van der Waals surface area contributed by atoms with Gasteiger partial charge in [-0.1, -0.05) is 12.1 Å². The van der Waals surface area contributed by atoms with Gasteiger partial charge in [0.05, 0.1) is 23.2 Å². The summed E-state index contributed by atoms with van der Waals surface area (Å²) in [5.74, 6) is 0.209. The Hall–Kier alpha value is -3.53. The second-order valence-corrected chi connectivity index (χ2v) is 5.67. The molecular formula is C19H16N2O5. The van der Waals surface area contributed by atoms with Gasteiger partial charge in [-0.3, -0.25) is 4.79 Å². The number of nitrogens with zero attached hydrogens (tertiary/aromatic N) is 1. The van der Waals surface area contributed by atoms with E-state index < -0.39 is 18.5 Å². The predicted molar refractivity (Wildman–Crippen MR) is 90.6 cm³/mol. The number of carbonyl (C=O) groups excluding carboxylic acids is 2. The first kappa shape index (κ1) is 17.3. The molecule has 7 nitrogen and oxygen atoms in total. The average molecular weight is 352 g/mol. The van der Waals surface area contributed by atoms with Gasteiger partial charge in [0.15, 0.2) is 18.1 Å². The van der Waals surface area contributed by atoms with Crippen molar-refractivity contribution in [3.05, 3.63) is 59.2 Å². The zero-order valence-corrected chi connectivity index (χ0v) is 14.0. The van der Waals surface area contributed by atoms with Crippen molar-refractivity contribution in [1.82, 2.24) is 5.32 Å². The van der Waals surface area contributed by atoms with Gasteiger partial charge in [-0.25, -0.2) is 4.79 Å². The number of hydrogen-bond acceptors (Lipinski definition) is 6. The number of benzene rings is 2. The number of ether oxygens (including phenoxy) is 3. The van der Waals surface area contributed by atoms with E-state index in [1.807, 2.05) is 19.1 Å². The van der Waals surface area contributed by atoms with Crippen LogP contribution in [0.2, 0.25) is 0 Å². The fourth-order valence-corrected chi connectivity index (χ4v) is 2.48. The van der Waals surface area contributed by atoms with Crippen molar-refractivity contribution < 1.29 is 23.8 Å². The normalized spacial score (nSPS) is 12.8. The molecule has 0 aliphatic carbocycles. The number of fused-ring (bicyclic) bond motifs is 1. The van der Waals surface area contributed by atoms with Gasteiger partial charge in [-0.05, 0) is 42.8 Å². The minimum Gasteiger partial charge on any atom is -0.454 e. The van der Waals surface area contributed by atoms with Crippen LogP contribution in [-0.2, 0) is 9.53 Å². The van der Waals surface area contributed by atoms with Gasteiger partial charge in [-0.15, -0.1) is 0 Å². The molecule has 0 aromatic heterocycles. The van der Waals surface area contributed by atoms with E-state index in [2.05, 4.69) is 5.32 Å². The van der Waals surface area contributed by atoms with E-state index in [1.54, 1.807) is 24.3 Å². The average Bonchev–Trinajstić information content (AvgIpc) is 3.13. The van der Waals surface area contributed by atoms with Crippen LogP contribution >= 0.6 is 0 Å². The third-order valence-electron chi connectivity index (χ3n) is 3.84. The standard InChI is InChI=1S/C19H16N2O5/c1-12(14-5-6-16-17(8-14)26-11-25-16)21-18(22)10-24-19(23)15-4-2-3-13(7-15)9-20/h2-8,12H,10-11H2,1H3,(H,21,22)/t12-/m1/s1. The monoisotopic (exact) mass is 352 g/mol. The molecule has 0 unspecified atom stereocenters. The van der Waals surface area contributed by atoms with Gasteiger partial charge in [0.2, 0.25) is 6.79 Å². The highest BCUT2D eigenvalue weighted by molar-refractivity contribution is 5.91. The summed E-state index contributed by atoms with van der Waals surface area (Å²) in [4.78, 5) is 24.0. The minimum absolute atomic E-state index is 0.183. The van der Waals surface area contributed by atoms with Crippen molar-refractivity contribution in [3.63, 3.8) is 0 Å². The lowest BCUT2D eigenvalue weighted by molar-refractivity contribution is -0.124. The van der Waals surface area contributed by atoms with Crippen LogP contribution in [0.4, 0.5) is 0 Å². The van der Waals surface area contributed by atoms with Crippen molar-refractivity contribution in [2.75, 3.05) is 13.4 Å². The Morgan fingerprint density at radius 2 is 2.04 bits per heavy atom. The first-order valence-electron chi connectivity index (χ1n) is 7.93. The number of esters is 1. The van der Waals surface area contributed by atoms with Crippen LogP contribution in [0.25, 0.3) is 0 Å². The van der Waals surface area contributed by atoms with Crippen LogP contribution in [0, 0.1) is 11.3 Å². The Labute approximate surface area is 150 Å². The third kappa shape index (κ3) is 3.92. The molecule has 0 saturated heterocycles. The number of hydrogen-bond donors (Lipinski definition) is 1. The predicted octanol–water partition coefficient (Wildman–Crippen LogP) is 2.32. The molecule has 1 amide bonds. The third-order valence-corrected chi connectivity index (χ3v) is 3.84. The van der Waals surface area contributed by atoms with Crippen molar-refractivity contribution in [3.8, 4) is 17.6 Å². The highest BCUT2D eigenvalue weighted by Crippen LogP contribution is 2.34. The van der Waals surface area contributed by atoms with E-state index in [9.17, 15) is 9.59 Å². The summed E-state index contributed by atoms with van der Waals surface area (Å²) in [5, 5.41) is 11.6. The smallest absolute Gasteiger partial charge is 0.338 e. The molecule has 1 N–H and O–H groups in total. The summed E-state index contributed by atoms with van der Waals surface area (Å²) in [7, 11) is 0. The van der Waals surface area contributed by atoms with Crippen molar-refractivity contribution in [2.45, 2.75) is 13.0 Å². The maximum Gasteiger partial charge on any atom is 0.338 e. The van der Waals surface area contributed by atoms with Crippen LogP contribution in [-0.4, -0.2) is 25.3 Å². The summed E-state index contributed by atoms with van der Waals surface area (Å²) < 4.78 is 15.6. The van der Waals surface area contributed by atoms with Gasteiger partial charge in [0.1, 0.15) is 0 Å². The molecule has 0 fully saturated rings. The van der Waals surface area contributed by atoms with Crippen LogP contribution in [0.3, 0.4) is 0 Å². The largest absolute Gasteiger partial charge is 0.454 e. The second kappa shape index (κ2) is 7.57. The topological polar surface area (TPSA) is 97.7 Å². The summed E-state index contributed by atoms with van der Waals surface area (Å²) in [6, 6.07) is 13.2. The Kier molecular flexibility index (Phi) is 5.04. The molecule has 2 aromatic rings. The van der Waals surface area contributed by atoms with Gasteiger partial charge in [0.25, 0.3) is 5.91 Å². The summed E-state index contributed by atoms with van der Waals surface area (Å²) in [6.07, 6.45) is 0. The maximum atomic E-state index is 12.0. The molecule has 132 valence electrons. The molecular weight excluding hydrogens is 336 g/mol. The van der Waals surface area contributed by atoms with E-state index in [0.717, 1.165) is 5.56 Å². The Morgan fingerprint density at radius 3 is 2.85 bits per heavy atom. The van der Waals surface area contributed by atoms with Crippen LogP contribution in [0.15, 0.2) is 42.5 Å². The number of carbonyl (C=O) groups is 2. The molecule has 0 radical (unpaired) electrons. The molecule has 1 aliphatic rings. The zero-order chi connectivity index (χ0) is 18.5. The first-order valence-corrected chi connectivity index (χ1v) is 7.93. The molecule has 1 atom stereocenters. The Bertz CT molecular complexity index is 888. The molecule has 1 heterocycles. The van der Waals surface area contributed by atoms with E-state index in [0.29, 0.717) is 17.1 Å². The molecule has 26 heavy (non-hydrogen) atoms. The van der Waals surface area contributed by atoms with Crippen molar-refractivity contribution in [2.24, 2.45) is 0 Å². The highest BCUT2D eigenvalue weighted by atomic mass is 16.7. The lowest BCUT2D eigenvalue weighted by atomic mass is 10.1. The second-order valence-electron chi connectivity index (χ2n) is 5.67. The Morgan fingerprint density at radius 1 is 1.23 bits per heavy atom. The quantitative estimate of drug-likeness (QED) is 0.830. The van der Waals surface area contributed by atoms with E-state index >= 15 is 0 Å².